The third-order valence-corrected chi connectivity index (χ3v) is 3.82. The lowest BCUT2D eigenvalue weighted by atomic mass is 9.98. The van der Waals surface area contributed by atoms with E-state index in [4.69, 9.17) is 4.74 Å². The van der Waals surface area contributed by atoms with Gasteiger partial charge in [0.2, 0.25) is 0 Å². The van der Waals surface area contributed by atoms with Crippen molar-refractivity contribution < 1.29 is 4.74 Å². The van der Waals surface area contributed by atoms with Crippen LogP contribution in [0.2, 0.25) is 0 Å². The summed E-state index contributed by atoms with van der Waals surface area (Å²) in [5.74, 6) is 0.711. The molecule has 0 radical (unpaired) electrons. The maximum atomic E-state index is 12.4. The van der Waals surface area contributed by atoms with Gasteiger partial charge in [0.1, 0.15) is 5.75 Å². The lowest BCUT2D eigenvalue weighted by Gasteiger charge is -2.12. The van der Waals surface area contributed by atoms with Crippen molar-refractivity contribution in [3.8, 4) is 16.9 Å². The molecule has 0 fully saturated rings. The summed E-state index contributed by atoms with van der Waals surface area (Å²) in [6.45, 7) is 1.87. The van der Waals surface area contributed by atoms with Crippen LogP contribution in [0.5, 0.6) is 5.75 Å². The zero-order valence-corrected chi connectivity index (χ0v) is 13.6. The summed E-state index contributed by atoms with van der Waals surface area (Å²) in [7, 11) is 1.62. The topological polar surface area (TPSA) is 55.0 Å². The summed E-state index contributed by atoms with van der Waals surface area (Å²) in [5.41, 5.74) is 3.74. The van der Waals surface area contributed by atoms with Crippen LogP contribution in [0.15, 0.2) is 59.4 Å². The highest BCUT2D eigenvalue weighted by Crippen LogP contribution is 2.33. The maximum Gasteiger partial charge on any atom is 0.272 e. The largest absolute Gasteiger partial charge is 0.496 e. The van der Waals surface area contributed by atoms with Crippen LogP contribution in [0.3, 0.4) is 0 Å². The normalized spacial score (nSPS) is 10.9. The fourth-order valence-corrected chi connectivity index (χ4v) is 2.65. The van der Waals surface area contributed by atoms with E-state index in [1.165, 1.54) is 0 Å². The van der Waals surface area contributed by atoms with Crippen LogP contribution in [0.1, 0.15) is 16.8 Å². The number of nitrogens with one attached hydrogen (secondary N) is 1. The molecule has 0 aliphatic rings. The Morgan fingerprint density at radius 1 is 1.00 bits per heavy atom. The Morgan fingerprint density at radius 2 is 1.71 bits per heavy atom. The van der Waals surface area contributed by atoms with Crippen LogP contribution in [0.4, 0.5) is 0 Å². The molecule has 0 spiro atoms. The predicted molar refractivity (Wildman–Crippen MR) is 97.0 cm³/mol. The first kappa shape index (κ1) is 15.7. The number of para-hydroxylation sites is 1. The average Bonchev–Trinajstić information content (AvgIpc) is 2.63. The Bertz CT molecular complexity index is 928. The molecule has 0 saturated heterocycles. The van der Waals surface area contributed by atoms with Crippen molar-refractivity contribution in [1.82, 2.24) is 10.2 Å². The van der Waals surface area contributed by atoms with Crippen LogP contribution >= 0.6 is 0 Å². The van der Waals surface area contributed by atoms with E-state index in [0.717, 1.165) is 22.4 Å². The van der Waals surface area contributed by atoms with Crippen molar-refractivity contribution in [3.63, 3.8) is 0 Å². The average molecular weight is 318 g/mol. The molecule has 3 aromatic rings. The fraction of sp³-hybridized carbons (Fsp3) is 0.100. The number of aromatic nitrogens is 2. The molecule has 1 N–H and O–H groups in total. The zero-order valence-electron chi connectivity index (χ0n) is 13.6. The minimum Gasteiger partial charge on any atom is -0.496 e. The highest BCUT2D eigenvalue weighted by Gasteiger charge is 2.15. The molecule has 120 valence electrons. The van der Waals surface area contributed by atoms with Gasteiger partial charge in [0.25, 0.3) is 5.56 Å². The Labute approximate surface area is 140 Å². The molecule has 2 aromatic carbocycles. The number of H-pyrrole nitrogens is 1. The van der Waals surface area contributed by atoms with Crippen molar-refractivity contribution in [1.29, 1.82) is 0 Å². The van der Waals surface area contributed by atoms with Crippen molar-refractivity contribution in [3.05, 3.63) is 81.8 Å². The number of aryl methyl sites for hydroxylation is 1. The van der Waals surface area contributed by atoms with Crippen LogP contribution in [-0.4, -0.2) is 17.3 Å². The predicted octanol–water partition coefficient (Wildman–Crippen LogP) is 3.92. The Morgan fingerprint density at radius 3 is 2.46 bits per heavy atom. The molecule has 0 aliphatic heterocycles. The number of ether oxygens (including phenoxy) is 1. The standard InChI is InChI=1S/C20H18N2O2/c1-14-19(16-10-6-7-11-18(16)24-2)17(20(23)22-21-14)13-12-15-8-4-3-5-9-15/h3-13H,1-2H3,(H,22,23). The number of nitrogens with zero attached hydrogens (tertiary/aromatic N) is 1. The highest BCUT2D eigenvalue weighted by molar-refractivity contribution is 5.83. The summed E-state index contributed by atoms with van der Waals surface area (Å²) in [6, 6.07) is 17.5. The van der Waals surface area contributed by atoms with Crippen molar-refractivity contribution in [2.45, 2.75) is 6.92 Å². The van der Waals surface area contributed by atoms with Gasteiger partial charge in [0.15, 0.2) is 0 Å². The molecular weight excluding hydrogens is 300 g/mol. The Balaban J connectivity index is 2.18. The molecule has 4 nitrogen and oxygen atoms in total. The van der Waals surface area contributed by atoms with E-state index in [9.17, 15) is 4.79 Å². The molecule has 24 heavy (non-hydrogen) atoms. The van der Waals surface area contributed by atoms with Crippen molar-refractivity contribution in [2.24, 2.45) is 0 Å². The number of hydrogen-bond acceptors (Lipinski definition) is 3. The summed E-state index contributed by atoms with van der Waals surface area (Å²) in [4.78, 5) is 12.4. The number of benzene rings is 2. The fourth-order valence-electron chi connectivity index (χ4n) is 2.65. The van der Waals surface area contributed by atoms with Gasteiger partial charge in [0, 0.05) is 11.1 Å². The van der Waals surface area contributed by atoms with Gasteiger partial charge in [-0.2, -0.15) is 5.10 Å². The third-order valence-electron chi connectivity index (χ3n) is 3.82. The Hall–Kier alpha value is -3.14. The first-order valence-corrected chi connectivity index (χ1v) is 7.66. The second-order valence-electron chi connectivity index (χ2n) is 5.37. The van der Waals surface area contributed by atoms with E-state index in [1.54, 1.807) is 7.11 Å². The molecule has 3 rings (SSSR count). The van der Waals surface area contributed by atoms with Crippen LogP contribution in [0, 0.1) is 6.92 Å². The first-order chi connectivity index (χ1) is 11.7. The molecule has 0 amide bonds. The minimum atomic E-state index is -0.228. The number of methoxy groups -OCH3 is 1. The summed E-state index contributed by atoms with van der Waals surface area (Å²) < 4.78 is 5.45. The van der Waals surface area contributed by atoms with E-state index in [2.05, 4.69) is 10.2 Å². The molecule has 1 heterocycles. The molecule has 0 unspecified atom stereocenters. The van der Waals surface area contributed by atoms with Gasteiger partial charge in [-0.25, -0.2) is 5.10 Å². The zero-order chi connectivity index (χ0) is 16.9. The SMILES string of the molecule is COc1ccccc1-c1c(C)n[nH]c(=O)c1C=Cc1ccccc1. The smallest absolute Gasteiger partial charge is 0.272 e. The van der Waals surface area contributed by atoms with Crippen LogP contribution in [-0.2, 0) is 0 Å². The van der Waals surface area contributed by atoms with Crippen LogP contribution in [0.25, 0.3) is 23.3 Å². The maximum absolute atomic E-state index is 12.4. The number of aromatic amines is 1. The van der Waals surface area contributed by atoms with Gasteiger partial charge in [0.05, 0.1) is 18.4 Å². The molecular formula is C20H18N2O2. The van der Waals surface area contributed by atoms with Gasteiger partial charge in [-0.15, -0.1) is 0 Å². The van der Waals surface area contributed by atoms with E-state index < -0.39 is 0 Å². The molecule has 0 bridgehead atoms. The molecule has 1 aromatic heterocycles. The summed E-state index contributed by atoms with van der Waals surface area (Å²) in [6.07, 6.45) is 3.74. The number of rotatable bonds is 4. The van der Waals surface area contributed by atoms with E-state index in [-0.39, 0.29) is 5.56 Å². The van der Waals surface area contributed by atoms with Crippen LogP contribution < -0.4 is 10.3 Å². The number of hydrogen-bond donors (Lipinski definition) is 1. The summed E-state index contributed by atoms with van der Waals surface area (Å²) >= 11 is 0. The quantitative estimate of drug-likeness (QED) is 0.793. The van der Waals surface area contributed by atoms with Gasteiger partial charge < -0.3 is 4.74 Å². The minimum absolute atomic E-state index is 0.228. The molecule has 0 atom stereocenters. The van der Waals surface area contributed by atoms with E-state index >= 15 is 0 Å². The third kappa shape index (κ3) is 3.13. The van der Waals surface area contributed by atoms with Crippen molar-refractivity contribution >= 4 is 12.2 Å². The second kappa shape index (κ2) is 6.96. The second-order valence-corrected chi connectivity index (χ2v) is 5.37. The van der Waals surface area contributed by atoms with Gasteiger partial charge in [-0.3, -0.25) is 4.79 Å². The summed E-state index contributed by atoms with van der Waals surface area (Å²) in [5, 5.41) is 6.67. The van der Waals surface area contributed by atoms with E-state index in [0.29, 0.717) is 11.3 Å². The lowest BCUT2D eigenvalue weighted by molar-refractivity contribution is 0.416. The molecule has 0 saturated carbocycles. The lowest BCUT2D eigenvalue weighted by Crippen LogP contribution is -2.14. The monoisotopic (exact) mass is 318 g/mol. The molecule has 4 heteroatoms. The van der Waals surface area contributed by atoms with E-state index in [1.807, 2.05) is 73.7 Å². The van der Waals surface area contributed by atoms with Crippen molar-refractivity contribution in [2.75, 3.05) is 7.11 Å². The highest BCUT2D eigenvalue weighted by atomic mass is 16.5. The van der Waals surface area contributed by atoms with Gasteiger partial charge >= 0.3 is 0 Å². The first-order valence-electron chi connectivity index (χ1n) is 7.66. The van der Waals surface area contributed by atoms with Gasteiger partial charge in [-0.1, -0.05) is 54.6 Å². The van der Waals surface area contributed by atoms with Gasteiger partial charge in [-0.05, 0) is 24.6 Å². The molecule has 0 aliphatic carbocycles. The Kier molecular flexibility index (Phi) is 4.57.